The fraction of sp³-hybridized carbons (Fsp3) is 0.316. The summed E-state index contributed by atoms with van der Waals surface area (Å²) in [6.07, 6.45) is 0. The Hall–Kier alpha value is -2.36. The van der Waals surface area contributed by atoms with Crippen LogP contribution in [0, 0.1) is 32.1 Å². The van der Waals surface area contributed by atoms with Crippen molar-refractivity contribution in [1.82, 2.24) is 4.98 Å². The lowest BCUT2D eigenvalue weighted by Gasteiger charge is -2.11. The number of rotatable bonds is 6. The first-order chi connectivity index (χ1) is 11.9. The van der Waals surface area contributed by atoms with Gasteiger partial charge in [0.25, 0.3) is 0 Å². The maximum Gasteiger partial charge on any atom is 0.234 e. The maximum atomic E-state index is 12.3. The van der Waals surface area contributed by atoms with Crippen LogP contribution in [0.1, 0.15) is 27.9 Å². The van der Waals surface area contributed by atoms with Gasteiger partial charge < -0.3 is 10.1 Å². The summed E-state index contributed by atoms with van der Waals surface area (Å²) in [5.74, 6) is 0.0597. The predicted molar refractivity (Wildman–Crippen MR) is 99.7 cm³/mol. The van der Waals surface area contributed by atoms with E-state index in [1.165, 1.54) is 11.8 Å². The van der Waals surface area contributed by atoms with Crippen LogP contribution in [0.2, 0.25) is 0 Å². The molecule has 0 aliphatic heterocycles. The second-order valence-corrected chi connectivity index (χ2v) is 6.77. The van der Waals surface area contributed by atoms with E-state index in [1.807, 2.05) is 45.0 Å². The molecule has 1 amide bonds. The number of thioether (sulfide) groups is 1. The van der Waals surface area contributed by atoms with Gasteiger partial charge in [0.2, 0.25) is 5.91 Å². The molecule has 0 fully saturated rings. The van der Waals surface area contributed by atoms with Gasteiger partial charge >= 0.3 is 0 Å². The summed E-state index contributed by atoms with van der Waals surface area (Å²) in [6.45, 7) is 6.14. The molecule has 25 heavy (non-hydrogen) atoms. The number of anilines is 1. The Labute approximate surface area is 152 Å². The largest absolute Gasteiger partial charge is 0.380 e. The third-order valence-corrected chi connectivity index (χ3v) is 4.59. The summed E-state index contributed by atoms with van der Waals surface area (Å²) in [5.41, 5.74) is 4.96. The molecule has 0 aliphatic carbocycles. The van der Waals surface area contributed by atoms with Gasteiger partial charge in [0, 0.05) is 18.5 Å². The van der Waals surface area contributed by atoms with Crippen molar-refractivity contribution in [2.24, 2.45) is 0 Å². The highest BCUT2D eigenvalue weighted by molar-refractivity contribution is 8.00. The normalized spacial score (nSPS) is 10.4. The molecule has 0 spiro atoms. The van der Waals surface area contributed by atoms with E-state index in [4.69, 9.17) is 4.74 Å². The molecule has 1 aromatic carbocycles. The second-order valence-electron chi connectivity index (χ2n) is 5.80. The average Bonchev–Trinajstić information content (AvgIpc) is 2.56. The van der Waals surface area contributed by atoms with E-state index >= 15 is 0 Å². The summed E-state index contributed by atoms with van der Waals surface area (Å²) in [4.78, 5) is 16.7. The van der Waals surface area contributed by atoms with Crippen molar-refractivity contribution in [1.29, 1.82) is 5.26 Å². The first kappa shape index (κ1) is 19.0. The van der Waals surface area contributed by atoms with E-state index in [9.17, 15) is 10.1 Å². The highest BCUT2D eigenvalue weighted by Crippen LogP contribution is 2.25. The maximum absolute atomic E-state index is 12.3. The molecule has 2 rings (SSSR count). The number of hydrogen-bond acceptors (Lipinski definition) is 5. The van der Waals surface area contributed by atoms with Crippen LogP contribution >= 0.6 is 11.8 Å². The molecule has 5 nitrogen and oxygen atoms in total. The molecule has 0 radical (unpaired) electrons. The van der Waals surface area contributed by atoms with E-state index in [1.54, 1.807) is 7.11 Å². The first-order valence-electron chi connectivity index (χ1n) is 7.84. The quantitative estimate of drug-likeness (QED) is 0.799. The summed E-state index contributed by atoms with van der Waals surface area (Å²) in [7, 11) is 1.58. The van der Waals surface area contributed by atoms with Gasteiger partial charge in [-0.25, -0.2) is 4.98 Å². The molecule has 2 aromatic rings. The third kappa shape index (κ3) is 5.05. The highest BCUT2D eigenvalue weighted by atomic mass is 32.2. The number of hydrogen-bond donors (Lipinski definition) is 1. The molecule has 6 heteroatoms. The van der Waals surface area contributed by atoms with Gasteiger partial charge in [-0.2, -0.15) is 5.26 Å². The van der Waals surface area contributed by atoms with Crippen LogP contribution in [0.4, 0.5) is 5.69 Å². The number of aryl methyl sites for hydroxylation is 3. The van der Waals surface area contributed by atoms with Gasteiger partial charge in [0.1, 0.15) is 11.1 Å². The smallest absolute Gasteiger partial charge is 0.234 e. The molecular formula is C19H21N3O2S. The molecular weight excluding hydrogens is 334 g/mol. The van der Waals surface area contributed by atoms with Crippen molar-refractivity contribution in [3.8, 4) is 6.07 Å². The number of nitriles is 1. The van der Waals surface area contributed by atoms with Gasteiger partial charge in [0.15, 0.2) is 0 Å². The zero-order chi connectivity index (χ0) is 18.4. The van der Waals surface area contributed by atoms with Crippen LogP contribution < -0.4 is 5.32 Å². The van der Waals surface area contributed by atoms with Gasteiger partial charge in [-0.05, 0) is 49.6 Å². The monoisotopic (exact) mass is 355 g/mol. The Morgan fingerprint density at radius 2 is 2.08 bits per heavy atom. The lowest BCUT2D eigenvalue weighted by atomic mass is 10.1. The number of methoxy groups -OCH3 is 1. The zero-order valence-electron chi connectivity index (χ0n) is 14.8. The second kappa shape index (κ2) is 8.65. The van der Waals surface area contributed by atoms with Gasteiger partial charge in [-0.15, -0.1) is 0 Å². The van der Waals surface area contributed by atoms with E-state index in [0.717, 1.165) is 28.1 Å². The number of carbonyl (C=O) groups is 1. The van der Waals surface area contributed by atoms with Crippen LogP contribution in [0.5, 0.6) is 0 Å². The van der Waals surface area contributed by atoms with Crippen molar-refractivity contribution in [3.63, 3.8) is 0 Å². The number of aromatic nitrogens is 1. The first-order valence-corrected chi connectivity index (χ1v) is 8.82. The van der Waals surface area contributed by atoms with Crippen LogP contribution in [0.3, 0.4) is 0 Å². The third-order valence-electron chi connectivity index (χ3n) is 3.61. The van der Waals surface area contributed by atoms with E-state index in [0.29, 0.717) is 17.2 Å². The number of benzene rings is 1. The van der Waals surface area contributed by atoms with E-state index in [-0.39, 0.29) is 11.7 Å². The Balaban J connectivity index is 2.11. The molecule has 0 atom stereocenters. The van der Waals surface area contributed by atoms with Crippen molar-refractivity contribution in [2.45, 2.75) is 32.4 Å². The minimum absolute atomic E-state index is 0.126. The van der Waals surface area contributed by atoms with Crippen molar-refractivity contribution >= 4 is 23.4 Å². The SMILES string of the molecule is COCc1cc(C)nc(SCC(=O)Nc2cc(C)ccc2C)c1C#N. The molecule has 0 bridgehead atoms. The highest BCUT2D eigenvalue weighted by Gasteiger charge is 2.14. The summed E-state index contributed by atoms with van der Waals surface area (Å²) in [6, 6.07) is 9.94. The molecule has 1 heterocycles. The van der Waals surface area contributed by atoms with Crippen molar-refractivity contribution < 1.29 is 9.53 Å². The number of amides is 1. The number of ether oxygens (including phenoxy) is 1. The predicted octanol–water partition coefficient (Wildman–Crippen LogP) is 3.76. The Morgan fingerprint density at radius 3 is 2.76 bits per heavy atom. The number of carbonyl (C=O) groups excluding carboxylic acids is 1. The molecule has 1 N–H and O–H groups in total. The molecule has 0 unspecified atom stereocenters. The van der Waals surface area contributed by atoms with Gasteiger partial charge in [-0.1, -0.05) is 23.9 Å². The molecule has 1 aromatic heterocycles. The number of nitrogens with one attached hydrogen (secondary N) is 1. The van der Waals surface area contributed by atoms with Crippen LogP contribution in [0.25, 0.3) is 0 Å². The molecule has 130 valence electrons. The van der Waals surface area contributed by atoms with Crippen molar-refractivity contribution in [2.75, 3.05) is 18.2 Å². The number of pyridine rings is 1. The average molecular weight is 355 g/mol. The van der Waals surface area contributed by atoms with E-state index in [2.05, 4.69) is 16.4 Å². The topological polar surface area (TPSA) is 75.0 Å². The Bertz CT molecular complexity index is 828. The standard InChI is InChI=1S/C19H21N3O2S/c1-12-5-6-13(2)17(7-12)22-18(23)11-25-19-16(9-20)15(10-24-4)8-14(3)21-19/h5-8H,10-11H2,1-4H3,(H,22,23). The fourth-order valence-electron chi connectivity index (χ4n) is 2.39. The van der Waals surface area contributed by atoms with Crippen LogP contribution in [-0.2, 0) is 16.1 Å². The van der Waals surface area contributed by atoms with Gasteiger partial charge in [-0.3, -0.25) is 4.79 Å². The lowest BCUT2D eigenvalue weighted by Crippen LogP contribution is -2.15. The van der Waals surface area contributed by atoms with Crippen molar-refractivity contribution in [3.05, 3.63) is 52.2 Å². The summed E-state index contributed by atoms with van der Waals surface area (Å²) >= 11 is 1.26. The minimum Gasteiger partial charge on any atom is -0.380 e. The summed E-state index contributed by atoms with van der Waals surface area (Å²) in [5, 5.41) is 12.9. The van der Waals surface area contributed by atoms with Gasteiger partial charge in [0.05, 0.1) is 17.9 Å². The van der Waals surface area contributed by atoms with Crippen LogP contribution in [0.15, 0.2) is 29.3 Å². The fourth-order valence-corrected chi connectivity index (χ4v) is 3.26. The Morgan fingerprint density at radius 1 is 1.32 bits per heavy atom. The number of nitrogens with zero attached hydrogens (tertiary/aromatic N) is 2. The lowest BCUT2D eigenvalue weighted by molar-refractivity contribution is -0.113. The summed E-state index contributed by atoms with van der Waals surface area (Å²) < 4.78 is 5.14. The zero-order valence-corrected chi connectivity index (χ0v) is 15.7. The minimum atomic E-state index is -0.126. The molecule has 0 saturated heterocycles. The van der Waals surface area contributed by atoms with E-state index < -0.39 is 0 Å². The Kier molecular flexibility index (Phi) is 6.57. The molecule has 0 aliphatic rings. The van der Waals surface area contributed by atoms with Crippen LogP contribution in [-0.4, -0.2) is 23.8 Å². The molecule has 0 saturated carbocycles.